The van der Waals surface area contributed by atoms with E-state index in [0.29, 0.717) is 5.75 Å². The van der Waals surface area contributed by atoms with Gasteiger partial charge >= 0.3 is 0 Å². The zero-order valence-electron chi connectivity index (χ0n) is 7.46. The van der Waals surface area contributed by atoms with Crippen LogP contribution < -0.4 is 11.1 Å². The maximum Gasteiger partial charge on any atom is 0.116 e. The van der Waals surface area contributed by atoms with Crippen LogP contribution in [0.2, 0.25) is 0 Å². The van der Waals surface area contributed by atoms with Gasteiger partial charge in [0.1, 0.15) is 5.75 Å². The Bertz CT molecular complexity index is 312. The molecule has 0 aliphatic carbocycles. The van der Waals surface area contributed by atoms with E-state index < -0.39 is 0 Å². The molecule has 1 aromatic rings. The molecule has 1 unspecified atom stereocenters. The molecule has 0 saturated heterocycles. The van der Waals surface area contributed by atoms with Crippen LogP contribution >= 0.6 is 0 Å². The van der Waals surface area contributed by atoms with Crippen molar-refractivity contribution in [1.29, 1.82) is 0 Å². The van der Waals surface area contributed by atoms with Crippen molar-refractivity contribution >= 4 is 5.69 Å². The molecule has 0 saturated carbocycles. The van der Waals surface area contributed by atoms with Gasteiger partial charge in [-0.25, -0.2) is 0 Å². The molecule has 70 valence electrons. The van der Waals surface area contributed by atoms with E-state index >= 15 is 0 Å². The van der Waals surface area contributed by atoms with Crippen molar-refractivity contribution in [3.63, 3.8) is 0 Å². The molecule has 1 aliphatic heterocycles. The van der Waals surface area contributed by atoms with E-state index in [2.05, 4.69) is 5.32 Å². The maximum atomic E-state index is 9.30. The van der Waals surface area contributed by atoms with E-state index in [1.54, 1.807) is 12.1 Å². The average molecular weight is 178 g/mol. The summed E-state index contributed by atoms with van der Waals surface area (Å²) in [5, 5.41) is 12.6. The second-order valence-electron chi connectivity index (χ2n) is 3.52. The molecule has 0 amide bonds. The van der Waals surface area contributed by atoms with Crippen molar-refractivity contribution in [2.45, 2.75) is 18.9 Å². The molecule has 0 radical (unpaired) electrons. The average Bonchev–Trinajstić information content (AvgIpc) is 2.25. The number of nitrogens with one attached hydrogen (secondary N) is 1. The lowest BCUT2D eigenvalue weighted by atomic mass is 10.0. The van der Waals surface area contributed by atoms with E-state index in [9.17, 15) is 5.11 Å². The Labute approximate surface area is 77.6 Å². The highest BCUT2D eigenvalue weighted by Gasteiger charge is 2.12. The quantitative estimate of drug-likeness (QED) is 0.521. The van der Waals surface area contributed by atoms with Crippen molar-refractivity contribution < 1.29 is 5.11 Å². The van der Waals surface area contributed by atoms with E-state index in [1.807, 2.05) is 6.07 Å². The molecule has 4 N–H and O–H groups in total. The number of hydrogen-bond donors (Lipinski definition) is 3. The predicted octanol–water partition coefficient (Wildman–Crippen LogP) is 1.08. The van der Waals surface area contributed by atoms with Gasteiger partial charge in [0, 0.05) is 18.3 Å². The molecule has 0 aromatic heterocycles. The van der Waals surface area contributed by atoms with Gasteiger partial charge in [0.15, 0.2) is 0 Å². The van der Waals surface area contributed by atoms with Crippen LogP contribution in [0.4, 0.5) is 5.69 Å². The standard InChI is InChI=1S/C10H14N2O/c11-8-3-4-12-10-2-1-9(13)6-7(10)5-8/h1-2,6,8,12-13H,3-5,11H2. The van der Waals surface area contributed by atoms with Crippen LogP contribution in [-0.2, 0) is 6.42 Å². The van der Waals surface area contributed by atoms with Gasteiger partial charge in [-0.2, -0.15) is 0 Å². The first-order valence-corrected chi connectivity index (χ1v) is 4.57. The van der Waals surface area contributed by atoms with E-state index in [1.165, 1.54) is 0 Å². The zero-order chi connectivity index (χ0) is 9.26. The summed E-state index contributed by atoms with van der Waals surface area (Å²) in [5.41, 5.74) is 8.10. The fourth-order valence-corrected chi connectivity index (χ4v) is 1.70. The van der Waals surface area contributed by atoms with Crippen molar-refractivity contribution in [1.82, 2.24) is 0 Å². The van der Waals surface area contributed by atoms with Gasteiger partial charge < -0.3 is 16.2 Å². The monoisotopic (exact) mass is 178 g/mol. The summed E-state index contributed by atoms with van der Waals surface area (Å²) in [7, 11) is 0. The molecule has 0 bridgehead atoms. The molecule has 1 aliphatic rings. The van der Waals surface area contributed by atoms with E-state index in [0.717, 1.165) is 30.6 Å². The Hall–Kier alpha value is -1.22. The Morgan fingerprint density at radius 2 is 2.31 bits per heavy atom. The number of aromatic hydroxyl groups is 1. The largest absolute Gasteiger partial charge is 0.508 e. The molecule has 1 atom stereocenters. The number of benzene rings is 1. The van der Waals surface area contributed by atoms with E-state index in [4.69, 9.17) is 5.73 Å². The third-order valence-corrected chi connectivity index (χ3v) is 2.40. The lowest BCUT2D eigenvalue weighted by Gasteiger charge is -2.08. The van der Waals surface area contributed by atoms with Gasteiger partial charge in [0.2, 0.25) is 0 Å². The Morgan fingerprint density at radius 3 is 3.15 bits per heavy atom. The Morgan fingerprint density at radius 1 is 1.46 bits per heavy atom. The van der Waals surface area contributed by atoms with Gasteiger partial charge in [-0.3, -0.25) is 0 Å². The molecule has 1 heterocycles. The van der Waals surface area contributed by atoms with Gasteiger partial charge in [-0.15, -0.1) is 0 Å². The minimum atomic E-state index is 0.204. The van der Waals surface area contributed by atoms with Crippen LogP contribution in [0.1, 0.15) is 12.0 Å². The molecule has 0 spiro atoms. The smallest absolute Gasteiger partial charge is 0.116 e. The minimum absolute atomic E-state index is 0.204. The molecule has 3 heteroatoms. The first kappa shape index (κ1) is 8.38. The van der Waals surface area contributed by atoms with Crippen LogP contribution in [0.25, 0.3) is 0 Å². The van der Waals surface area contributed by atoms with Crippen LogP contribution in [-0.4, -0.2) is 17.7 Å². The Kier molecular flexibility index (Phi) is 2.10. The third-order valence-electron chi connectivity index (χ3n) is 2.40. The van der Waals surface area contributed by atoms with Crippen LogP contribution in [0.3, 0.4) is 0 Å². The molecule has 1 aromatic carbocycles. The number of fused-ring (bicyclic) bond motifs is 1. The van der Waals surface area contributed by atoms with Gasteiger partial charge in [0.05, 0.1) is 0 Å². The molecule has 2 rings (SSSR count). The van der Waals surface area contributed by atoms with Crippen LogP contribution in [0.5, 0.6) is 5.75 Å². The second kappa shape index (κ2) is 3.26. The lowest BCUT2D eigenvalue weighted by molar-refractivity contribution is 0.474. The highest BCUT2D eigenvalue weighted by molar-refractivity contribution is 5.55. The summed E-state index contributed by atoms with van der Waals surface area (Å²) in [6, 6.07) is 5.59. The molecular formula is C10H14N2O. The van der Waals surface area contributed by atoms with Gasteiger partial charge in [-0.05, 0) is 36.6 Å². The zero-order valence-corrected chi connectivity index (χ0v) is 7.46. The molecular weight excluding hydrogens is 164 g/mol. The lowest BCUT2D eigenvalue weighted by Crippen LogP contribution is -2.22. The number of anilines is 1. The summed E-state index contributed by atoms with van der Waals surface area (Å²) in [6.07, 6.45) is 1.83. The summed E-state index contributed by atoms with van der Waals surface area (Å²) in [6.45, 7) is 0.916. The topological polar surface area (TPSA) is 58.3 Å². The van der Waals surface area contributed by atoms with Crippen molar-refractivity contribution in [2.24, 2.45) is 5.73 Å². The fourth-order valence-electron chi connectivity index (χ4n) is 1.70. The molecule has 0 fully saturated rings. The molecule has 3 nitrogen and oxygen atoms in total. The first-order chi connectivity index (χ1) is 6.25. The predicted molar refractivity (Wildman–Crippen MR) is 52.9 cm³/mol. The Balaban J connectivity index is 2.35. The SMILES string of the molecule is NC1CCNc2ccc(O)cc2C1. The fraction of sp³-hybridized carbons (Fsp3) is 0.400. The molecule has 13 heavy (non-hydrogen) atoms. The number of rotatable bonds is 0. The van der Waals surface area contributed by atoms with Gasteiger partial charge in [0.25, 0.3) is 0 Å². The first-order valence-electron chi connectivity index (χ1n) is 4.57. The van der Waals surface area contributed by atoms with E-state index in [-0.39, 0.29) is 6.04 Å². The number of phenols is 1. The van der Waals surface area contributed by atoms with Gasteiger partial charge in [-0.1, -0.05) is 0 Å². The second-order valence-corrected chi connectivity index (χ2v) is 3.52. The highest BCUT2D eigenvalue weighted by Crippen LogP contribution is 2.24. The van der Waals surface area contributed by atoms with Crippen molar-refractivity contribution in [3.05, 3.63) is 23.8 Å². The van der Waals surface area contributed by atoms with Crippen LogP contribution in [0, 0.1) is 0 Å². The number of hydrogen-bond acceptors (Lipinski definition) is 3. The van der Waals surface area contributed by atoms with Crippen molar-refractivity contribution in [2.75, 3.05) is 11.9 Å². The summed E-state index contributed by atoms with van der Waals surface area (Å²) >= 11 is 0. The minimum Gasteiger partial charge on any atom is -0.508 e. The van der Waals surface area contributed by atoms with Crippen LogP contribution in [0.15, 0.2) is 18.2 Å². The summed E-state index contributed by atoms with van der Waals surface area (Å²) in [5.74, 6) is 0.314. The highest BCUT2D eigenvalue weighted by atomic mass is 16.3. The number of nitrogens with two attached hydrogens (primary N) is 1. The summed E-state index contributed by atoms with van der Waals surface area (Å²) in [4.78, 5) is 0. The normalized spacial score (nSPS) is 21.5. The maximum absolute atomic E-state index is 9.30. The number of phenolic OH excluding ortho intramolecular Hbond substituents is 1. The third kappa shape index (κ3) is 1.75. The van der Waals surface area contributed by atoms with Crippen molar-refractivity contribution in [3.8, 4) is 5.75 Å². The summed E-state index contributed by atoms with van der Waals surface area (Å²) < 4.78 is 0.